The van der Waals surface area contributed by atoms with Crippen molar-refractivity contribution in [3.8, 4) is 0 Å². The molecule has 9 heteroatoms. The molecule has 2 rings (SSSR count). The van der Waals surface area contributed by atoms with E-state index >= 15 is 0 Å². The molecule has 0 aliphatic heterocycles. The van der Waals surface area contributed by atoms with Crippen molar-refractivity contribution in [3.63, 3.8) is 0 Å². The van der Waals surface area contributed by atoms with Crippen LogP contribution >= 0.6 is 0 Å². The van der Waals surface area contributed by atoms with E-state index in [0.717, 1.165) is 5.56 Å². The Balaban J connectivity index is 1.93. The van der Waals surface area contributed by atoms with Gasteiger partial charge in [0, 0.05) is 5.69 Å². The molecule has 2 aromatic carbocycles. The Morgan fingerprint density at radius 2 is 1.64 bits per heavy atom. The second-order valence-electron chi connectivity index (χ2n) is 5.01. The van der Waals surface area contributed by atoms with E-state index in [9.17, 15) is 18.0 Å². The van der Waals surface area contributed by atoms with Gasteiger partial charge in [-0.2, -0.15) is 0 Å². The van der Waals surface area contributed by atoms with Crippen LogP contribution < -0.4 is 10.8 Å². The first kappa shape index (κ1) is 18.4. The van der Waals surface area contributed by atoms with Crippen LogP contribution in [0.2, 0.25) is 0 Å². The normalized spacial score (nSPS) is 10.8. The van der Waals surface area contributed by atoms with Crippen LogP contribution in [0.3, 0.4) is 0 Å². The molecule has 0 saturated heterocycles. The number of benzene rings is 2. The predicted octanol–water partition coefficient (Wildman–Crippen LogP) is 1.71. The summed E-state index contributed by atoms with van der Waals surface area (Å²) in [6.07, 6.45) is -0.681. The molecule has 0 saturated carbocycles. The summed E-state index contributed by atoms with van der Waals surface area (Å²) in [4.78, 5) is 22.6. The van der Waals surface area contributed by atoms with Crippen molar-refractivity contribution >= 4 is 27.5 Å². The zero-order valence-electron chi connectivity index (χ0n) is 13.0. The summed E-state index contributed by atoms with van der Waals surface area (Å²) < 4.78 is 28.9. The zero-order valence-corrected chi connectivity index (χ0v) is 13.8. The molecule has 25 heavy (non-hydrogen) atoms. The third-order valence-electron chi connectivity index (χ3n) is 3.12. The number of carbonyl (C=O) groups is 2. The zero-order chi connectivity index (χ0) is 18.3. The summed E-state index contributed by atoms with van der Waals surface area (Å²) in [5.41, 5.74) is 2.44. The lowest BCUT2D eigenvalue weighted by atomic mass is 10.2. The van der Waals surface area contributed by atoms with Gasteiger partial charge in [0.1, 0.15) is 12.4 Å². The molecule has 3 N–H and O–H groups in total. The van der Waals surface area contributed by atoms with E-state index in [-0.39, 0.29) is 11.5 Å². The Hall–Kier alpha value is -2.91. The topological polar surface area (TPSA) is 122 Å². The standard InChI is InChI=1S/C16H16N2O6S/c19-15(18-21)11-25(22,23)14-8-6-13(7-9-14)17-16(20)24-10-12-4-2-1-3-5-12/h1-9,21H,10-11H2,(H,17,20)(H,18,19). The molecular formula is C16H16N2O6S. The molecule has 2 amide bonds. The highest BCUT2D eigenvalue weighted by molar-refractivity contribution is 7.92. The molecule has 0 unspecified atom stereocenters. The Labute approximate surface area is 144 Å². The van der Waals surface area contributed by atoms with Gasteiger partial charge in [0.25, 0.3) is 5.91 Å². The lowest BCUT2D eigenvalue weighted by Crippen LogP contribution is -2.27. The average molecular weight is 364 g/mol. The number of hydrogen-bond donors (Lipinski definition) is 3. The summed E-state index contributed by atoms with van der Waals surface area (Å²) in [6, 6.07) is 14.4. The van der Waals surface area contributed by atoms with Gasteiger partial charge in [-0.1, -0.05) is 30.3 Å². The molecule has 8 nitrogen and oxygen atoms in total. The van der Waals surface area contributed by atoms with Gasteiger partial charge in [0.05, 0.1) is 4.90 Å². The molecule has 2 aromatic rings. The fourth-order valence-electron chi connectivity index (χ4n) is 1.91. The highest BCUT2D eigenvalue weighted by Crippen LogP contribution is 2.16. The van der Waals surface area contributed by atoms with Crippen molar-refractivity contribution in [2.24, 2.45) is 0 Å². The predicted molar refractivity (Wildman–Crippen MR) is 88.7 cm³/mol. The average Bonchev–Trinajstić information content (AvgIpc) is 2.61. The number of nitrogens with one attached hydrogen (secondary N) is 2. The molecule has 0 bridgehead atoms. The molecule has 0 fully saturated rings. The third kappa shape index (κ3) is 5.59. The van der Waals surface area contributed by atoms with Crippen LogP contribution in [0.1, 0.15) is 5.56 Å². The van der Waals surface area contributed by atoms with Crippen molar-refractivity contribution in [2.45, 2.75) is 11.5 Å². The van der Waals surface area contributed by atoms with Crippen LogP contribution in [0, 0.1) is 0 Å². The lowest BCUT2D eigenvalue weighted by molar-refractivity contribution is -0.126. The summed E-state index contributed by atoms with van der Waals surface area (Å²) >= 11 is 0. The van der Waals surface area contributed by atoms with Gasteiger partial charge >= 0.3 is 6.09 Å². The van der Waals surface area contributed by atoms with E-state index in [1.165, 1.54) is 29.7 Å². The molecule has 0 heterocycles. The monoisotopic (exact) mass is 364 g/mol. The van der Waals surface area contributed by atoms with Crippen LogP contribution in [0.15, 0.2) is 59.5 Å². The Morgan fingerprint density at radius 3 is 2.24 bits per heavy atom. The van der Waals surface area contributed by atoms with Crippen LogP contribution in [0.25, 0.3) is 0 Å². The highest BCUT2D eigenvalue weighted by Gasteiger charge is 2.19. The first-order chi connectivity index (χ1) is 11.9. The van der Waals surface area contributed by atoms with Crippen LogP contribution in [-0.2, 0) is 26.0 Å². The molecule has 132 valence electrons. The van der Waals surface area contributed by atoms with Gasteiger partial charge in [-0.05, 0) is 29.8 Å². The van der Waals surface area contributed by atoms with E-state index < -0.39 is 27.6 Å². The van der Waals surface area contributed by atoms with E-state index in [2.05, 4.69) is 5.32 Å². The molecule has 0 spiro atoms. The summed E-state index contributed by atoms with van der Waals surface area (Å²) in [7, 11) is -3.88. The van der Waals surface area contributed by atoms with Gasteiger partial charge in [-0.25, -0.2) is 18.7 Å². The van der Waals surface area contributed by atoms with Crippen molar-refractivity contribution in [3.05, 3.63) is 60.2 Å². The Morgan fingerprint density at radius 1 is 1.00 bits per heavy atom. The quantitative estimate of drug-likeness (QED) is 0.530. The number of anilines is 1. The summed E-state index contributed by atoms with van der Waals surface area (Å²) in [5, 5.41) is 10.9. The second-order valence-corrected chi connectivity index (χ2v) is 6.99. The van der Waals surface area contributed by atoms with Crippen LogP contribution in [-0.4, -0.2) is 31.4 Å². The maximum absolute atomic E-state index is 11.9. The molecule has 0 atom stereocenters. The molecular weight excluding hydrogens is 348 g/mol. The van der Waals surface area contributed by atoms with E-state index in [1.54, 1.807) is 0 Å². The highest BCUT2D eigenvalue weighted by atomic mass is 32.2. The Kier molecular flexibility index (Phi) is 6.09. The fraction of sp³-hybridized carbons (Fsp3) is 0.125. The Bertz CT molecular complexity index is 835. The maximum Gasteiger partial charge on any atom is 0.411 e. The molecule has 0 aliphatic carbocycles. The van der Waals surface area contributed by atoms with Gasteiger partial charge in [0.2, 0.25) is 0 Å². The summed E-state index contributed by atoms with van der Waals surface area (Å²) in [5.74, 6) is -1.92. The fourth-order valence-corrected chi connectivity index (χ4v) is 3.04. The maximum atomic E-state index is 11.9. The second kappa shape index (κ2) is 8.27. The van der Waals surface area contributed by atoms with Gasteiger partial charge < -0.3 is 4.74 Å². The SMILES string of the molecule is O=C(CS(=O)(=O)c1ccc(NC(=O)OCc2ccccc2)cc1)NO. The van der Waals surface area contributed by atoms with E-state index in [0.29, 0.717) is 5.69 Å². The minimum Gasteiger partial charge on any atom is -0.444 e. The largest absolute Gasteiger partial charge is 0.444 e. The van der Waals surface area contributed by atoms with Crippen molar-refractivity contribution < 1.29 is 28.0 Å². The minimum absolute atomic E-state index is 0.107. The summed E-state index contributed by atoms with van der Waals surface area (Å²) in [6.45, 7) is 0.107. The number of hydroxylamine groups is 1. The number of amides is 2. The van der Waals surface area contributed by atoms with Crippen molar-refractivity contribution in [1.29, 1.82) is 0 Å². The first-order valence-corrected chi connectivity index (χ1v) is 8.79. The lowest BCUT2D eigenvalue weighted by Gasteiger charge is -2.08. The number of hydrogen-bond acceptors (Lipinski definition) is 6. The van der Waals surface area contributed by atoms with Gasteiger partial charge in [-0.3, -0.25) is 15.3 Å². The number of carbonyl (C=O) groups excluding carboxylic acids is 2. The van der Waals surface area contributed by atoms with Crippen molar-refractivity contribution in [1.82, 2.24) is 5.48 Å². The number of rotatable bonds is 6. The number of ether oxygens (including phenoxy) is 1. The molecule has 0 aliphatic rings. The number of sulfone groups is 1. The van der Waals surface area contributed by atoms with Crippen molar-refractivity contribution in [2.75, 3.05) is 11.1 Å². The van der Waals surface area contributed by atoms with Crippen LogP contribution in [0.4, 0.5) is 10.5 Å². The van der Waals surface area contributed by atoms with Crippen LogP contribution in [0.5, 0.6) is 0 Å². The molecule has 0 radical (unpaired) electrons. The molecule has 0 aromatic heterocycles. The van der Waals surface area contributed by atoms with Gasteiger partial charge in [0.15, 0.2) is 9.84 Å². The smallest absolute Gasteiger partial charge is 0.411 e. The van der Waals surface area contributed by atoms with E-state index in [1.807, 2.05) is 30.3 Å². The third-order valence-corrected chi connectivity index (χ3v) is 4.75. The van der Waals surface area contributed by atoms with Gasteiger partial charge in [-0.15, -0.1) is 0 Å². The first-order valence-electron chi connectivity index (χ1n) is 7.14. The minimum atomic E-state index is -3.88. The van der Waals surface area contributed by atoms with E-state index in [4.69, 9.17) is 9.94 Å².